The number of aromatic carboxylic acids is 1. The van der Waals surface area contributed by atoms with E-state index in [0.717, 1.165) is 0 Å². The highest BCUT2D eigenvalue weighted by molar-refractivity contribution is 6.08. The Morgan fingerprint density at radius 3 is 2.27 bits per heavy atom. The summed E-state index contributed by atoms with van der Waals surface area (Å²) in [5, 5.41) is 12.2. The molecule has 2 aromatic carbocycles. The number of amides is 2. The van der Waals surface area contributed by atoms with Gasteiger partial charge in [0.2, 0.25) is 5.91 Å². The Labute approximate surface area is 192 Å². The van der Waals surface area contributed by atoms with Crippen molar-refractivity contribution in [1.29, 1.82) is 0 Å². The van der Waals surface area contributed by atoms with Crippen LogP contribution in [0.15, 0.2) is 42.5 Å². The van der Waals surface area contributed by atoms with Crippen molar-refractivity contribution in [2.24, 2.45) is 0 Å². The predicted octanol–water partition coefficient (Wildman–Crippen LogP) is 2.77. The monoisotopic (exact) mass is 456 g/mol. The lowest BCUT2D eigenvalue weighted by molar-refractivity contribution is -0.132. The summed E-state index contributed by atoms with van der Waals surface area (Å²) in [7, 11) is 0. The third-order valence-electron chi connectivity index (χ3n) is 5.81. The van der Waals surface area contributed by atoms with Crippen LogP contribution in [0.3, 0.4) is 0 Å². The number of nitrogens with zero attached hydrogens (tertiary/aromatic N) is 3. The molecular weight excluding hydrogens is 427 g/mol. The van der Waals surface area contributed by atoms with Gasteiger partial charge in [-0.05, 0) is 44.2 Å². The molecule has 176 valence electrons. The quantitative estimate of drug-likeness (QED) is 0.635. The maximum atomic E-state index is 13.9. The van der Waals surface area contributed by atoms with Gasteiger partial charge in [-0.2, -0.15) is 0 Å². The first-order valence-corrected chi connectivity index (χ1v) is 11.0. The van der Waals surface area contributed by atoms with Gasteiger partial charge >= 0.3 is 5.97 Å². The van der Waals surface area contributed by atoms with E-state index in [0.29, 0.717) is 51.5 Å². The number of likely N-dealkylation sites (N-methyl/N-ethyl adjacent to an activating group) is 1. The van der Waals surface area contributed by atoms with Crippen molar-refractivity contribution in [2.45, 2.75) is 13.8 Å². The lowest BCUT2D eigenvalue weighted by atomic mass is 10.1. The van der Waals surface area contributed by atoms with E-state index < -0.39 is 17.7 Å². The Morgan fingerprint density at radius 1 is 1.00 bits per heavy atom. The number of hydrogen-bond acceptors (Lipinski definition) is 5. The Hall–Kier alpha value is -3.46. The van der Waals surface area contributed by atoms with E-state index in [2.05, 4.69) is 10.2 Å². The Morgan fingerprint density at radius 2 is 1.67 bits per heavy atom. The minimum Gasteiger partial charge on any atom is -0.478 e. The minimum atomic E-state index is -1.19. The van der Waals surface area contributed by atoms with Gasteiger partial charge in [0.25, 0.3) is 5.91 Å². The highest BCUT2D eigenvalue weighted by atomic mass is 19.1. The van der Waals surface area contributed by atoms with Crippen molar-refractivity contribution in [3.63, 3.8) is 0 Å². The van der Waals surface area contributed by atoms with E-state index in [9.17, 15) is 23.9 Å². The molecule has 1 aliphatic heterocycles. The molecule has 33 heavy (non-hydrogen) atoms. The zero-order valence-electron chi connectivity index (χ0n) is 18.9. The average molecular weight is 457 g/mol. The summed E-state index contributed by atoms with van der Waals surface area (Å²) in [6, 6.07) is 10.3. The third kappa shape index (κ3) is 5.87. The van der Waals surface area contributed by atoms with Crippen molar-refractivity contribution < 1.29 is 23.9 Å². The van der Waals surface area contributed by atoms with Crippen LogP contribution in [-0.2, 0) is 4.79 Å². The number of carbonyl (C=O) groups excluding carboxylic acids is 2. The van der Waals surface area contributed by atoms with Gasteiger partial charge in [0, 0.05) is 45.0 Å². The van der Waals surface area contributed by atoms with Crippen molar-refractivity contribution in [3.05, 3.63) is 59.4 Å². The number of carboxylic acids is 1. The molecule has 0 aromatic heterocycles. The molecule has 1 saturated heterocycles. The van der Waals surface area contributed by atoms with E-state index in [1.807, 2.05) is 18.7 Å². The number of piperazine rings is 1. The molecular formula is C24H29FN4O4. The highest BCUT2D eigenvalue weighted by Gasteiger charge is 2.23. The second kappa shape index (κ2) is 10.9. The van der Waals surface area contributed by atoms with Crippen molar-refractivity contribution >= 4 is 29.2 Å². The fourth-order valence-electron chi connectivity index (χ4n) is 3.88. The van der Waals surface area contributed by atoms with Crippen molar-refractivity contribution in [1.82, 2.24) is 9.80 Å². The van der Waals surface area contributed by atoms with E-state index in [-0.39, 0.29) is 22.7 Å². The Balaban J connectivity index is 1.67. The van der Waals surface area contributed by atoms with E-state index >= 15 is 0 Å². The van der Waals surface area contributed by atoms with Crippen LogP contribution in [-0.4, -0.2) is 78.5 Å². The second-order valence-corrected chi connectivity index (χ2v) is 7.80. The van der Waals surface area contributed by atoms with Gasteiger partial charge in [0.05, 0.1) is 23.4 Å². The topological polar surface area (TPSA) is 93.2 Å². The summed E-state index contributed by atoms with van der Waals surface area (Å²) < 4.78 is 13.9. The standard InChI is InChI=1S/C24H29FN4O4/c1-3-28(4-2)22(30)16-27-11-13-29(14-12-27)17-9-10-21(19(15-17)24(32)33)26-23(31)18-7-5-6-8-20(18)25/h5-10,15H,3-4,11-14,16H2,1-2H3,(H,26,31)(H,32,33). The summed E-state index contributed by atoms with van der Waals surface area (Å²) >= 11 is 0. The Kier molecular flexibility index (Phi) is 8.00. The summed E-state index contributed by atoms with van der Waals surface area (Å²) in [5.74, 6) is -2.48. The van der Waals surface area contributed by atoms with Gasteiger partial charge in [-0.1, -0.05) is 12.1 Å². The Bertz CT molecular complexity index is 1020. The van der Waals surface area contributed by atoms with E-state index in [1.165, 1.54) is 36.4 Å². The fourth-order valence-corrected chi connectivity index (χ4v) is 3.88. The van der Waals surface area contributed by atoms with Gasteiger partial charge in [0.1, 0.15) is 5.82 Å². The molecule has 3 rings (SSSR count). The van der Waals surface area contributed by atoms with Gasteiger partial charge in [0.15, 0.2) is 0 Å². The van der Waals surface area contributed by atoms with Crippen LogP contribution in [0.25, 0.3) is 0 Å². The summed E-state index contributed by atoms with van der Waals surface area (Å²) in [5.41, 5.74) is 0.582. The zero-order valence-corrected chi connectivity index (χ0v) is 18.9. The maximum absolute atomic E-state index is 13.9. The molecule has 0 unspecified atom stereocenters. The number of benzene rings is 2. The van der Waals surface area contributed by atoms with Gasteiger partial charge in [-0.15, -0.1) is 0 Å². The molecule has 0 aliphatic carbocycles. The number of rotatable bonds is 8. The van der Waals surface area contributed by atoms with Crippen molar-refractivity contribution in [2.75, 3.05) is 56.0 Å². The molecule has 1 aliphatic rings. The number of nitrogens with one attached hydrogen (secondary N) is 1. The molecule has 2 aromatic rings. The lowest BCUT2D eigenvalue weighted by Crippen LogP contribution is -2.50. The largest absolute Gasteiger partial charge is 0.478 e. The number of halogens is 1. The molecule has 0 saturated carbocycles. The molecule has 1 heterocycles. The smallest absolute Gasteiger partial charge is 0.337 e. The van der Waals surface area contributed by atoms with Crippen LogP contribution in [0, 0.1) is 5.82 Å². The molecule has 0 spiro atoms. The SMILES string of the molecule is CCN(CC)C(=O)CN1CCN(c2ccc(NC(=O)c3ccccc3F)c(C(=O)O)c2)CC1. The van der Waals surface area contributed by atoms with Crippen LogP contribution in [0.2, 0.25) is 0 Å². The van der Waals surface area contributed by atoms with Crippen LogP contribution < -0.4 is 10.2 Å². The fraction of sp³-hybridized carbons (Fsp3) is 0.375. The lowest BCUT2D eigenvalue weighted by Gasteiger charge is -2.36. The minimum absolute atomic E-state index is 0.0728. The van der Waals surface area contributed by atoms with Crippen LogP contribution in [0.1, 0.15) is 34.6 Å². The number of carbonyl (C=O) groups is 3. The van der Waals surface area contributed by atoms with Crippen LogP contribution in [0.4, 0.5) is 15.8 Å². The zero-order chi connectivity index (χ0) is 24.0. The number of carboxylic acid groups (broad SMARTS) is 1. The van der Waals surface area contributed by atoms with Crippen LogP contribution >= 0.6 is 0 Å². The summed E-state index contributed by atoms with van der Waals surface area (Å²) in [4.78, 5) is 42.6. The van der Waals surface area contributed by atoms with Crippen LogP contribution in [0.5, 0.6) is 0 Å². The molecule has 9 heteroatoms. The third-order valence-corrected chi connectivity index (χ3v) is 5.81. The number of hydrogen-bond donors (Lipinski definition) is 2. The summed E-state index contributed by atoms with van der Waals surface area (Å²) in [6.45, 7) is 8.32. The molecule has 0 bridgehead atoms. The number of anilines is 2. The van der Waals surface area contributed by atoms with E-state index in [1.54, 1.807) is 11.0 Å². The summed E-state index contributed by atoms with van der Waals surface area (Å²) in [6.07, 6.45) is 0. The first-order chi connectivity index (χ1) is 15.8. The normalized spacial score (nSPS) is 14.1. The molecule has 1 fully saturated rings. The molecule has 2 amide bonds. The average Bonchev–Trinajstić information content (AvgIpc) is 2.80. The highest BCUT2D eigenvalue weighted by Crippen LogP contribution is 2.25. The van der Waals surface area contributed by atoms with Crippen molar-refractivity contribution in [3.8, 4) is 0 Å². The predicted molar refractivity (Wildman–Crippen MR) is 124 cm³/mol. The van der Waals surface area contributed by atoms with Gasteiger partial charge in [-0.3, -0.25) is 14.5 Å². The first kappa shape index (κ1) is 24.2. The van der Waals surface area contributed by atoms with Gasteiger partial charge < -0.3 is 20.2 Å². The van der Waals surface area contributed by atoms with E-state index in [4.69, 9.17) is 0 Å². The molecule has 2 N–H and O–H groups in total. The molecule has 0 radical (unpaired) electrons. The molecule has 8 nitrogen and oxygen atoms in total. The first-order valence-electron chi connectivity index (χ1n) is 11.0. The van der Waals surface area contributed by atoms with Gasteiger partial charge in [-0.25, -0.2) is 9.18 Å². The maximum Gasteiger partial charge on any atom is 0.337 e. The second-order valence-electron chi connectivity index (χ2n) is 7.80. The molecule has 0 atom stereocenters.